The molecule has 0 unspecified atom stereocenters. The summed E-state index contributed by atoms with van der Waals surface area (Å²) < 4.78 is 0. The van der Waals surface area contributed by atoms with Crippen LogP contribution >= 0.6 is 0 Å². The summed E-state index contributed by atoms with van der Waals surface area (Å²) in [5.41, 5.74) is 2.04. The van der Waals surface area contributed by atoms with Crippen LogP contribution in [-0.2, 0) is 0 Å². The van der Waals surface area contributed by atoms with Crippen molar-refractivity contribution < 1.29 is 0 Å². The predicted octanol–water partition coefficient (Wildman–Crippen LogP) is 1.67. The molecular formula is C9H9N3. The van der Waals surface area contributed by atoms with Gasteiger partial charge in [-0.15, -0.1) is 0 Å². The van der Waals surface area contributed by atoms with Crippen LogP contribution < -0.4 is 5.32 Å². The van der Waals surface area contributed by atoms with E-state index >= 15 is 0 Å². The van der Waals surface area contributed by atoms with E-state index in [1.165, 1.54) is 0 Å². The van der Waals surface area contributed by atoms with Crippen molar-refractivity contribution in [1.29, 1.82) is 0 Å². The van der Waals surface area contributed by atoms with Crippen molar-refractivity contribution in [3.05, 3.63) is 30.7 Å². The Bertz CT molecular complexity index is 398. The molecule has 0 saturated carbocycles. The highest BCUT2D eigenvalue weighted by Gasteiger charge is 1.93. The summed E-state index contributed by atoms with van der Waals surface area (Å²) in [4.78, 5) is 8.08. The lowest BCUT2D eigenvalue weighted by atomic mass is 10.2. The molecule has 0 amide bonds. The predicted molar refractivity (Wildman–Crippen MR) is 49.1 cm³/mol. The molecule has 0 spiro atoms. The largest absolute Gasteiger partial charge is 0.388 e. The molecule has 1 aromatic carbocycles. The molecule has 0 aliphatic heterocycles. The van der Waals surface area contributed by atoms with Crippen molar-refractivity contribution in [2.75, 3.05) is 12.4 Å². The molecule has 0 fully saturated rings. The molecular weight excluding hydrogens is 150 g/mol. The Labute approximate surface area is 70.5 Å². The Kier molecular flexibility index (Phi) is 1.63. The number of nitrogens with one attached hydrogen (secondary N) is 1. The fraction of sp³-hybridized carbons (Fsp3) is 0.111. The minimum absolute atomic E-state index is 0.969. The molecule has 2 aromatic rings. The summed E-state index contributed by atoms with van der Waals surface area (Å²) in [5, 5.41) is 4.12. The summed E-state index contributed by atoms with van der Waals surface area (Å²) in [6.45, 7) is 0. The highest BCUT2D eigenvalue weighted by atomic mass is 14.8. The third-order valence-corrected chi connectivity index (χ3v) is 1.80. The highest BCUT2D eigenvalue weighted by Crippen LogP contribution is 2.14. The molecule has 1 heterocycles. The number of nitrogens with zero attached hydrogens (tertiary/aromatic N) is 2. The molecule has 1 N–H and O–H groups in total. The topological polar surface area (TPSA) is 37.8 Å². The average molecular weight is 159 g/mol. The molecule has 3 nitrogen and oxygen atoms in total. The van der Waals surface area contributed by atoms with Crippen LogP contribution in [0.15, 0.2) is 30.7 Å². The van der Waals surface area contributed by atoms with E-state index in [0.29, 0.717) is 0 Å². The van der Waals surface area contributed by atoms with Gasteiger partial charge >= 0.3 is 0 Å². The van der Waals surface area contributed by atoms with E-state index in [-0.39, 0.29) is 0 Å². The smallest absolute Gasteiger partial charge is 0.116 e. The standard InChI is InChI=1S/C9H9N3/c1-10-8-3-2-7-5-11-6-12-9(7)4-8/h2-6,10H,1H3. The van der Waals surface area contributed by atoms with Crippen molar-refractivity contribution in [2.45, 2.75) is 0 Å². The van der Waals surface area contributed by atoms with E-state index in [0.717, 1.165) is 16.6 Å². The van der Waals surface area contributed by atoms with Crippen LogP contribution in [0.4, 0.5) is 5.69 Å². The quantitative estimate of drug-likeness (QED) is 0.687. The van der Waals surface area contributed by atoms with Crippen molar-refractivity contribution in [1.82, 2.24) is 9.97 Å². The van der Waals surface area contributed by atoms with E-state index < -0.39 is 0 Å². The zero-order chi connectivity index (χ0) is 8.39. The maximum atomic E-state index is 4.14. The van der Waals surface area contributed by atoms with Gasteiger partial charge in [0.2, 0.25) is 0 Å². The second-order valence-electron chi connectivity index (χ2n) is 2.55. The van der Waals surface area contributed by atoms with Gasteiger partial charge in [0.05, 0.1) is 5.52 Å². The lowest BCUT2D eigenvalue weighted by Crippen LogP contribution is -1.88. The molecule has 0 saturated heterocycles. The highest BCUT2D eigenvalue weighted by molar-refractivity contribution is 5.80. The van der Waals surface area contributed by atoms with Crippen LogP contribution in [0.1, 0.15) is 0 Å². The summed E-state index contributed by atoms with van der Waals surface area (Å²) >= 11 is 0. The summed E-state index contributed by atoms with van der Waals surface area (Å²) in [5.74, 6) is 0. The van der Waals surface area contributed by atoms with Gasteiger partial charge in [0, 0.05) is 24.3 Å². The summed E-state index contributed by atoms with van der Waals surface area (Å²) in [7, 11) is 1.89. The Hall–Kier alpha value is -1.64. The van der Waals surface area contributed by atoms with Crippen molar-refractivity contribution in [2.24, 2.45) is 0 Å². The third-order valence-electron chi connectivity index (χ3n) is 1.80. The fourth-order valence-corrected chi connectivity index (χ4v) is 1.13. The zero-order valence-electron chi connectivity index (χ0n) is 6.78. The number of anilines is 1. The number of hydrogen-bond donors (Lipinski definition) is 1. The first-order valence-electron chi connectivity index (χ1n) is 3.77. The molecule has 0 aliphatic rings. The molecule has 0 atom stereocenters. The minimum Gasteiger partial charge on any atom is -0.388 e. The number of aromatic nitrogens is 2. The van der Waals surface area contributed by atoms with Gasteiger partial charge in [-0.3, -0.25) is 0 Å². The molecule has 0 bridgehead atoms. The van der Waals surface area contributed by atoms with E-state index in [1.54, 1.807) is 6.33 Å². The second-order valence-corrected chi connectivity index (χ2v) is 2.55. The van der Waals surface area contributed by atoms with E-state index in [2.05, 4.69) is 15.3 Å². The first-order chi connectivity index (χ1) is 5.90. The van der Waals surface area contributed by atoms with Crippen LogP contribution in [0.25, 0.3) is 10.9 Å². The monoisotopic (exact) mass is 159 g/mol. The second kappa shape index (κ2) is 2.77. The van der Waals surface area contributed by atoms with E-state index in [4.69, 9.17) is 0 Å². The van der Waals surface area contributed by atoms with Gasteiger partial charge in [-0.2, -0.15) is 0 Å². The SMILES string of the molecule is CNc1ccc2cncnc2c1. The molecule has 1 aromatic heterocycles. The fourth-order valence-electron chi connectivity index (χ4n) is 1.13. The van der Waals surface area contributed by atoms with Crippen molar-refractivity contribution in [3.8, 4) is 0 Å². The van der Waals surface area contributed by atoms with Gasteiger partial charge in [0.15, 0.2) is 0 Å². The number of fused-ring (bicyclic) bond motifs is 1. The Morgan fingerprint density at radius 2 is 2.25 bits per heavy atom. The van der Waals surface area contributed by atoms with E-state index in [1.807, 2.05) is 31.4 Å². The van der Waals surface area contributed by atoms with E-state index in [9.17, 15) is 0 Å². The third kappa shape index (κ3) is 1.09. The van der Waals surface area contributed by atoms with Gasteiger partial charge in [0.1, 0.15) is 6.33 Å². The molecule has 3 heteroatoms. The van der Waals surface area contributed by atoms with Gasteiger partial charge in [-0.25, -0.2) is 9.97 Å². The number of benzene rings is 1. The minimum atomic E-state index is 0.969. The van der Waals surface area contributed by atoms with Gasteiger partial charge in [-0.05, 0) is 18.2 Å². The maximum absolute atomic E-state index is 4.14. The van der Waals surface area contributed by atoms with Crippen LogP contribution in [0.2, 0.25) is 0 Å². The van der Waals surface area contributed by atoms with Gasteiger partial charge in [-0.1, -0.05) is 0 Å². The number of hydrogen-bond acceptors (Lipinski definition) is 3. The Morgan fingerprint density at radius 3 is 3.08 bits per heavy atom. The van der Waals surface area contributed by atoms with Crippen LogP contribution in [-0.4, -0.2) is 17.0 Å². The lowest BCUT2D eigenvalue weighted by molar-refractivity contribution is 1.22. The van der Waals surface area contributed by atoms with Crippen LogP contribution in [0.3, 0.4) is 0 Å². The molecule has 60 valence electrons. The van der Waals surface area contributed by atoms with Crippen LogP contribution in [0, 0.1) is 0 Å². The van der Waals surface area contributed by atoms with Gasteiger partial charge in [0.25, 0.3) is 0 Å². The Morgan fingerprint density at radius 1 is 1.33 bits per heavy atom. The lowest BCUT2D eigenvalue weighted by Gasteiger charge is -2.00. The first-order valence-corrected chi connectivity index (χ1v) is 3.77. The van der Waals surface area contributed by atoms with Crippen molar-refractivity contribution in [3.63, 3.8) is 0 Å². The average Bonchev–Trinajstić information content (AvgIpc) is 2.17. The molecule has 2 rings (SSSR count). The molecule has 12 heavy (non-hydrogen) atoms. The zero-order valence-corrected chi connectivity index (χ0v) is 6.78. The van der Waals surface area contributed by atoms with Crippen molar-refractivity contribution >= 4 is 16.6 Å². The molecule has 0 radical (unpaired) electrons. The first kappa shape index (κ1) is 7.03. The number of rotatable bonds is 1. The Balaban J connectivity index is 2.67. The van der Waals surface area contributed by atoms with Crippen LogP contribution in [0.5, 0.6) is 0 Å². The molecule has 0 aliphatic carbocycles. The van der Waals surface area contributed by atoms with Gasteiger partial charge < -0.3 is 5.32 Å². The summed E-state index contributed by atoms with van der Waals surface area (Å²) in [6, 6.07) is 6.00. The summed E-state index contributed by atoms with van der Waals surface area (Å²) in [6.07, 6.45) is 3.36. The normalized spacial score (nSPS) is 10.1. The maximum Gasteiger partial charge on any atom is 0.116 e.